The smallest absolute Gasteiger partial charge is 0.0704 e. The van der Waals surface area contributed by atoms with E-state index >= 15 is 0 Å². The Bertz CT molecular complexity index is 742. The van der Waals surface area contributed by atoms with E-state index in [-0.39, 0.29) is 6.04 Å². The first-order valence-electron chi connectivity index (χ1n) is 6.61. The minimum Gasteiger partial charge on any atom is -0.309 e. The fraction of sp³-hybridized carbons (Fsp3) is 0.176. The lowest BCUT2D eigenvalue weighted by atomic mass is 9.94. The summed E-state index contributed by atoms with van der Waals surface area (Å²) in [6.07, 6.45) is 0. The Morgan fingerprint density at radius 1 is 1.05 bits per heavy atom. The molecule has 3 heteroatoms. The van der Waals surface area contributed by atoms with E-state index in [9.17, 15) is 0 Å². The largest absolute Gasteiger partial charge is 0.309 e. The Labute approximate surface area is 131 Å². The summed E-state index contributed by atoms with van der Waals surface area (Å²) in [4.78, 5) is 1.35. The molecule has 1 nitrogen and oxygen atoms in total. The molecule has 1 aromatic heterocycles. The molecule has 0 aliphatic carbocycles. The molecule has 0 saturated heterocycles. The van der Waals surface area contributed by atoms with Gasteiger partial charge in [-0.1, -0.05) is 42.5 Å². The van der Waals surface area contributed by atoms with Gasteiger partial charge in [-0.25, -0.2) is 0 Å². The highest BCUT2D eigenvalue weighted by molar-refractivity contribution is 9.11. The van der Waals surface area contributed by atoms with Gasteiger partial charge in [0.15, 0.2) is 0 Å². The number of fused-ring (bicyclic) bond motifs is 1. The number of aryl methyl sites for hydroxylation is 1. The van der Waals surface area contributed by atoms with Crippen LogP contribution in [-0.2, 0) is 0 Å². The lowest BCUT2D eigenvalue weighted by Gasteiger charge is -2.19. The van der Waals surface area contributed by atoms with Crippen LogP contribution in [0.1, 0.15) is 22.0 Å². The van der Waals surface area contributed by atoms with Gasteiger partial charge in [0.05, 0.1) is 9.83 Å². The van der Waals surface area contributed by atoms with E-state index in [2.05, 4.69) is 76.7 Å². The van der Waals surface area contributed by atoms with E-state index in [0.717, 1.165) is 0 Å². The molecule has 0 bridgehead atoms. The Hall–Kier alpha value is -1.16. The van der Waals surface area contributed by atoms with Crippen LogP contribution >= 0.6 is 27.3 Å². The van der Waals surface area contributed by atoms with Gasteiger partial charge < -0.3 is 5.32 Å². The van der Waals surface area contributed by atoms with Crippen LogP contribution in [0.4, 0.5) is 0 Å². The molecule has 2 aromatic carbocycles. The molecule has 1 N–H and O–H groups in total. The summed E-state index contributed by atoms with van der Waals surface area (Å²) in [5.41, 5.74) is 2.68. The molecule has 1 unspecified atom stereocenters. The van der Waals surface area contributed by atoms with Crippen molar-refractivity contribution < 1.29 is 0 Å². The summed E-state index contributed by atoms with van der Waals surface area (Å²) in [6, 6.07) is 17.5. The second-order valence-corrected chi connectivity index (χ2v) is 7.49. The second kappa shape index (κ2) is 5.68. The van der Waals surface area contributed by atoms with Crippen molar-refractivity contribution in [3.63, 3.8) is 0 Å². The quantitative estimate of drug-likeness (QED) is 0.680. The van der Waals surface area contributed by atoms with Crippen molar-refractivity contribution in [3.05, 3.63) is 68.3 Å². The Balaban J connectivity index is 2.19. The molecule has 0 amide bonds. The summed E-state index contributed by atoms with van der Waals surface area (Å²) in [7, 11) is 2.03. The van der Waals surface area contributed by atoms with Crippen LogP contribution in [0.5, 0.6) is 0 Å². The van der Waals surface area contributed by atoms with Gasteiger partial charge in [0.1, 0.15) is 0 Å². The molecule has 0 spiro atoms. The van der Waals surface area contributed by atoms with Gasteiger partial charge >= 0.3 is 0 Å². The molecule has 0 fully saturated rings. The van der Waals surface area contributed by atoms with E-state index in [1.54, 1.807) is 11.3 Å². The minimum atomic E-state index is 0.226. The van der Waals surface area contributed by atoms with E-state index in [4.69, 9.17) is 0 Å². The molecule has 0 radical (unpaired) electrons. The number of nitrogens with one attached hydrogen (secondary N) is 1. The van der Waals surface area contributed by atoms with Crippen LogP contribution in [0.25, 0.3) is 10.8 Å². The van der Waals surface area contributed by atoms with Gasteiger partial charge in [0.2, 0.25) is 0 Å². The van der Waals surface area contributed by atoms with Gasteiger partial charge in [-0.05, 0) is 57.9 Å². The third kappa shape index (κ3) is 2.41. The zero-order valence-corrected chi connectivity index (χ0v) is 13.9. The normalized spacial score (nSPS) is 12.8. The zero-order chi connectivity index (χ0) is 14.1. The highest BCUT2D eigenvalue weighted by atomic mass is 79.9. The minimum absolute atomic E-state index is 0.226. The Morgan fingerprint density at radius 2 is 1.80 bits per heavy atom. The lowest BCUT2D eigenvalue weighted by Crippen LogP contribution is -2.18. The van der Waals surface area contributed by atoms with Crippen molar-refractivity contribution in [2.45, 2.75) is 13.0 Å². The van der Waals surface area contributed by atoms with Gasteiger partial charge in [0.25, 0.3) is 0 Å². The first-order chi connectivity index (χ1) is 9.70. The van der Waals surface area contributed by atoms with Crippen molar-refractivity contribution in [1.82, 2.24) is 5.32 Å². The molecule has 20 heavy (non-hydrogen) atoms. The second-order valence-electron chi connectivity index (χ2n) is 4.85. The summed E-state index contributed by atoms with van der Waals surface area (Å²) < 4.78 is 1.19. The lowest BCUT2D eigenvalue weighted by molar-refractivity contribution is 0.696. The molecule has 102 valence electrons. The number of thiophene rings is 1. The van der Waals surface area contributed by atoms with Crippen LogP contribution < -0.4 is 5.32 Å². The highest BCUT2D eigenvalue weighted by Gasteiger charge is 2.18. The molecule has 3 aromatic rings. The molecule has 1 heterocycles. The Morgan fingerprint density at radius 3 is 2.50 bits per heavy atom. The molecule has 1 atom stereocenters. The predicted molar refractivity (Wildman–Crippen MR) is 91.6 cm³/mol. The molecule has 0 aliphatic heterocycles. The molecule has 3 rings (SSSR count). The number of rotatable bonds is 3. The standard InChI is InChI=1S/C17H16BrNS/c1-11-15(10-16(18)20-11)17(19-2)14-9-5-7-12-6-3-4-8-13(12)14/h3-10,17,19H,1-2H3. The van der Waals surface area contributed by atoms with E-state index in [1.807, 2.05) is 7.05 Å². The average Bonchev–Trinajstić information content (AvgIpc) is 2.79. The van der Waals surface area contributed by atoms with Gasteiger partial charge in [-0.15, -0.1) is 11.3 Å². The first-order valence-corrected chi connectivity index (χ1v) is 8.22. The van der Waals surface area contributed by atoms with Crippen molar-refractivity contribution in [2.75, 3.05) is 7.05 Å². The highest BCUT2D eigenvalue weighted by Crippen LogP contribution is 2.35. The fourth-order valence-corrected chi connectivity index (χ4v) is 4.47. The van der Waals surface area contributed by atoms with E-state index in [1.165, 1.54) is 30.6 Å². The van der Waals surface area contributed by atoms with Crippen LogP contribution in [0.2, 0.25) is 0 Å². The summed E-state index contributed by atoms with van der Waals surface area (Å²) in [6.45, 7) is 2.18. The maximum atomic E-state index is 3.59. The molecule has 0 saturated carbocycles. The predicted octanol–water partition coefficient (Wildman–Crippen LogP) is 5.28. The third-order valence-electron chi connectivity index (χ3n) is 3.66. The number of halogens is 1. The summed E-state index contributed by atoms with van der Waals surface area (Å²) in [5, 5.41) is 6.07. The monoisotopic (exact) mass is 345 g/mol. The number of hydrogen-bond acceptors (Lipinski definition) is 2. The molecular weight excluding hydrogens is 330 g/mol. The van der Waals surface area contributed by atoms with E-state index in [0.29, 0.717) is 0 Å². The third-order valence-corrected chi connectivity index (χ3v) is 5.23. The maximum Gasteiger partial charge on any atom is 0.0704 e. The van der Waals surface area contributed by atoms with Crippen molar-refractivity contribution >= 4 is 38.0 Å². The van der Waals surface area contributed by atoms with Crippen LogP contribution in [-0.4, -0.2) is 7.05 Å². The fourth-order valence-electron chi connectivity index (χ4n) is 2.73. The van der Waals surface area contributed by atoms with Crippen molar-refractivity contribution in [1.29, 1.82) is 0 Å². The number of benzene rings is 2. The van der Waals surface area contributed by atoms with Crippen LogP contribution in [0, 0.1) is 6.92 Å². The maximum absolute atomic E-state index is 3.59. The first kappa shape index (κ1) is 13.8. The summed E-state index contributed by atoms with van der Waals surface area (Å²) in [5.74, 6) is 0. The zero-order valence-electron chi connectivity index (χ0n) is 11.5. The Kier molecular flexibility index (Phi) is 3.92. The van der Waals surface area contributed by atoms with Gasteiger partial charge in [-0.2, -0.15) is 0 Å². The van der Waals surface area contributed by atoms with Crippen molar-refractivity contribution in [3.8, 4) is 0 Å². The topological polar surface area (TPSA) is 12.0 Å². The summed E-state index contributed by atoms with van der Waals surface area (Å²) >= 11 is 5.38. The number of hydrogen-bond donors (Lipinski definition) is 1. The molecule has 0 aliphatic rings. The average molecular weight is 346 g/mol. The van der Waals surface area contributed by atoms with E-state index < -0.39 is 0 Å². The molecular formula is C17H16BrNS. The van der Waals surface area contributed by atoms with Crippen LogP contribution in [0.3, 0.4) is 0 Å². The van der Waals surface area contributed by atoms with Crippen LogP contribution in [0.15, 0.2) is 52.3 Å². The van der Waals surface area contributed by atoms with Gasteiger partial charge in [0, 0.05) is 4.88 Å². The van der Waals surface area contributed by atoms with Crippen molar-refractivity contribution in [2.24, 2.45) is 0 Å². The van der Waals surface area contributed by atoms with Gasteiger partial charge in [-0.3, -0.25) is 0 Å². The SMILES string of the molecule is CNC(c1cc(Br)sc1C)c1cccc2ccccc12.